The van der Waals surface area contributed by atoms with Crippen molar-refractivity contribution in [1.29, 1.82) is 0 Å². The Morgan fingerprint density at radius 1 is 1.17 bits per heavy atom. The Bertz CT molecular complexity index is 919. The topological polar surface area (TPSA) is 54.1 Å². The number of fused-ring (bicyclic) bond motifs is 1. The van der Waals surface area contributed by atoms with E-state index in [4.69, 9.17) is 4.74 Å². The van der Waals surface area contributed by atoms with Crippen molar-refractivity contribution in [1.82, 2.24) is 4.98 Å². The molecule has 0 aliphatic rings. The van der Waals surface area contributed by atoms with Crippen molar-refractivity contribution in [3.05, 3.63) is 69.8 Å². The van der Waals surface area contributed by atoms with Crippen molar-refractivity contribution in [2.45, 2.75) is 13.5 Å². The molecule has 3 rings (SSSR count). The molecule has 0 spiro atoms. The minimum Gasteiger partial charge on any atom is -0.497 e. The Hall–Kier alpha value is -2.82. The average Bonchev–Trinajstić information content (AvgIpc) is 2.55. The first kappa shape index (κ1) is 15.1. The largest absolute Gasteiger partial charge is 0.497 e. The zero-order valence-electron chi connectivity index (χ0n) is 12.9. The average molecular weight is 312 g/mol. The van der Waals surface area contributed by atoms with Gasteiger partial charge in [-0.15, -0.1) is 0 Å². The Morgan fingerprint density at radius 3 is 2.74 bits per heavy atom. The van der Waals surface area contributed by atoms with Gasteiger partial charge in [0.25, 0.3) is 5.56 Å². The number of aromatic amines is 1. The van der Waals surface area contributed by atoms with Gasteiger partial charge in [-0.3, -0.25) is 4.79 Å². The monoisotopic (exact) mass is 312 g/mol. The molecule has 1 aromatic heterocycles. The maximum atomic E-state index is 13.5. The molecular formula is C18H17FN2O2. The molecule has 5 heteroatoms. The Labute approximate surface area is 132 Å². The second-order valence-corrected chi connectivity index (χ2v) is 5.39. The van der Waals surface area contributed by atoms with Crippen molar-refractivity contribution in [3.63, 3.8) is 0 Å². The molecule has 118 valence electrons. The number of pyridine rings is 1. The van der Waals surface area contributed by atoms with Gasteiger partial charge in [-0.1, -0.05) is 6.07 Å². The number of hydrogen-bond donors (Lipinski definition) is 2. The van der Waals surface area contributed by atoms with Crippen molar-refractivity contribution < 1.29 is 9.13 Å². The highest BCUT2D eigenvalue weighted by molar-refractivity contribution is 5.80. The van der Waals surface area contributed by atoms with E-state index in [1.807, 2.05) is 18.2 Å². The first-order chi connectivity index (χ1) is 11.1. The third-order valence-corrected chi connectivity index (χ3v) is 3.78. The van der Waals surface area contributed by atoms with Gasteiger partial charge in [0.2, 0.25) is 0 Å². The van der Waals surface area contributed by atoms with Crippen molar-refractivity contribution >= 4 is 16.6 Å². The van der Waals surface area contributed by atoms with Crippen LogP contribution in [-0.4, -0.2) is 12.1 Å². The van der Waals surface area contributed by atoms with Gasteiger partial charge in [-0.2, -0.15) is 0 Å². The molecule has 1 heterocycles. The summed E-state index contributed by atoms with van der Waals surface area (Å²) in [6, 6.07) is 12.3. The molecule has 0 bridgehead atoms. The summed E-state index contributed by atoms with van der Waals surface area (Å²) in [6.45, 7) is 2.03. The van der Waals surface area contributed by atoms with Crippen LogP contribution in [0.3, 0.4) is 0 Å². The number of ether oxygens (including phenoxy) is 1. The van der Waals surface area contributed by atoms with Crippen LogP contribution in [-0.2, 0) is 6.54 Å². The van der Waals surface area contributed by atoms with Crippen LogP contribution >= 0.6 is 0 Å². The molecule has 0 aliphatic heterocycles. The van der Waals surface area contributed by atoms with Crippen molar-refractivity contribution in [2.75, 3.05) is 12.4 Å². The normalized spacial score (nSPS) is 10.7. The number of halogens is 1. The first-order valence-corrected chi connectivity index (χ1v) is 7.27. The highest BCUT2D eigenvalue weighted by atomic mass is 19.1. The molecule has 0 amide bonds. The van der Waals surface area contributed by atoms with Crippen LogP contribution in [0.5, 0.6) is 5.75 Å². The van der Waals surface area contributed by atoms with Gasteiger partial charge >= 0.3 is 0 Å². The zero-order valence-corrected chi connectivity index (χ0v) is 12.9. The van der Waals surface area contributed by atoms with Crippen molar-refractivity contribution in [3.8, 4) is 5.75 Å². The summed E-state index contributed by atoms with van der Waals surface area (Å²) in [6.07, 6.45) is 0. The van der Waals surface area contributed by atoms with E-state index >= 15 is 0 Å². The molecule has 4 nitrogen and oxygen atoms in total. The standard InChI is InChI=1S/C18H17FN2O2/c1-11-3-5-14(8-16(11)19)20-10-13-7-12-4-6-15(23-2)9-17(12)21-18(13)22/h3-9,20H,10H2,1-2H3,(H,21,22). The summed E-state index contributed by atoms with van der Waals surface area (Å²) >= 11 is 0. The van der Waals surface area contributed by atoms with E-state index in [1.165, 1.54) is 6.07 Å². The highest BCUT2D eigenvalue weighted by Crippen LogP contribution is 2.19. The van der Waals surface area contributed by atoms with Gasteiger partial charge in [-0.05, 0) is 48.2 Å². The van der Waals surface area contributed by atoms with Crippen LogP contribution in [0.15, 0.2) is 47.3 Å². The minimum atomic E-state index is -0.269. The lowest BCUT2D eigenvalue weighted by Gasteiger charge is -2.08. The number of hydrogen-bond acceptors (Lipinski definition) is 3. The van der Waals surface area contributed by atoms with Crippen LogP contribution in [0.25, 0.3) is 10.9 Å². The molecule has 0 unspecified atom stereocenters. The summed E-state index contributed by atoms with van der Waals surface area (Å²) in [5, 5.41) is 3.99. The van der Waals surface area contributed by atoms with E-state index in [0.29, 0.717) is 29.1 Å². The van der Waals surface area contributed by atoms with Gasteiger partial charge in [0, 0.05) is 23.9 Å². The second-order valence-electron chi connectivity index (χ2n) is 5.39. The molecule has 2 aromatic carbocycles. The number of methoxy groups -OCH3 is 1. The summed E-state index contributed by atoms with van der Waals surface area (Å²) < 4.78 is 18.7. The van der Waals surface area contributed by atoms with E-state index in [0.717, 1.165) is 10.9 Å². The number of H-pyrrole nitrogens is 1. The third kappa shape index (κ3) is 3.18. The number of aromatic nitrogens is 1. The highest BCUT2D eigenvalue weighted by Gasteiger charge is 2.05. The SMILES string of the molecule is COc1ccc2cc(CNc3ccc(C)c(F)c3)c(=O)[nH]c2c1. The number of aryl methyl sites for hydroxylation is 1. The van der Waals surface area contributed by atoms with Gasteiger partial charge in [-0.25, -0.2) is 4.39 Å². The predicted molar refractivity (Wildman–Crippen MR) is 89.6 cm³/mol. The fourth-order valence-electron chi connectivity index (χ4n) is 2.38. The Morgan fingerprint density at radius 2 is 2.00 bits per heavy atom. The lowest BCUT2D eigenvalue weighted by atomic mass is 10.1. The fraction of sp³-hybridized carbons (Fsp3) is 0.167. The van der Waals surface area contributed by atoms with Crippen LogP contribution in [0.1, 0.15) is 11.1 Å². The number of rotatable bonds is 4. The zero-order chi connectivity index (χ0) is 16.4. The van der Waals surface area contributed by atoms with Gasteiger partial charge < -0.3 is 15.0 Å². The molecule has 3 aromatic rings. The maximum Gasteiger partial charge on any atom is 0.253 e. The van der Waals surface area contributed by atoms with E-state index in [9.17, 15) is 9.18 Å². The molecule has 0 saturated carbocycles. The maximum absolute atomic E-state index is 13.5. The molecule has 0 saturated heterocycles. The molecule has 0 atom stereocenters. The van der Waals surface area contributed by atoms with Gasteiger partial charge in [0.15, 0.2) is 0 Å². The molecule has 0 fully saturated rings. The smallest absolute Gasteiger partial charge is 0.253 e. The molecule has 0 radical (unpaired) electrons. The third-order valence-electron chi connectivity index (χ3n) is 3.78. The number of anilines is 1. The van der Waals surface area contributed by atoms with Crippen LogP contribution in [0.4, 0.5) is 10.1 Å². The van der Waals surface area contributed by atoms with Crippen LogP contribution in [0, 0.1) is 12.7 Å². The van der Waals surface area contributed by atoms with E-state index in [1.54, 1.807) is 32.2 Å². The fourth-order valence-corrected chi connectivity index (χ4v) is 2.38. The van der Waals surface area contributed by atoms with E-state index in [2.05, 4.69) is 10.3 Å². The van der Waals surface area contributed by atoms with Gasteiger partial charge in [0.05, 0.1) is 12.6 Å². The minimum absolute atomic E-state index is 0.175. The van der Waals surface area contributed by atoms with Crippen LogP contribution in [0.2, 0.25) is 0 Å². The second kappa shape index (κ2) is 6.12. The predicted octanol–water partition coefficient (Wildman–Crippen LogP) is 3.60. The summed E-state index contributed by atoms with van der Waals surface area (Å²) in [5.41, 5.74) is 2.37. The lowest BCUT2D eigenvalue weighted by Crippen LogP contribution is -2.15. The Kier molecular flexibility index (Phi) is 4.02. The molecule has 0 aliphatic carbocycles. The van der Waals surface area contributed by atoms with Crippen LogP contribution < -0.4 is 15.6 Å². The number of benzene rings is 2. The first-order valence-electron chi connectivity index (χ1n) is 7.27. The van der Waals surface area contributed by atoms with Crippen molar-refractivity contribution in [2.24, 2.45) is 0 Å². The molecule has 2 N–H and O–H groups in total. The van der Waals surface area contributed by atoms with Gasteiger partial charge in [0.1, 0.15) is 11.6 Å². The lowest BCUT2D eigenvalue weighted by molar-refractivity contribution is 0.415. The Balaban J connectivity index is 1.86. The summed E-state index contributed by atoms with van der Waals surface area (Å²) in [5.74, 6) is 0.420. The molecular weight excluding hydrogens is 295 g/mol. The summed E-state index contributed by atoms with van der Waals surface area (Å²) in [7, 11) is 1.58. The van der Waals surface area contributed by atoms with E-state index in [-0.39, 0.29) is 11.4 Å². The van der Waals surface area contributed by atoms with E-state index < -0.39 is 0 Å². The number of nitrogens with one attached hydrogen (secondary N) is 2. The molecule has 23 heavy (non-hydrogen) atoms. The summed E-state index contributed by atoms with van der Waals surface area (Å²) in [4.78, 5) is 15.0. The quantitative estimate of drug-likeness (QED) is 0.774.